The lowest BCUT2D eigenvalue weighted by atomic mass is 9.96. The quantitative estimate of drug-likeness (QED) is 0.490. The minimum absolute atomic E-state index is 0.0668. The Labute approximate surface area is 187 Å². The first-order valence-electron chi connectivity index (χ1n) is 10.9. The van der Waals surface area contributed by atoms with Gasteiger partial charge in [0.05, 0.1) is 17.9 Å². The number of carbonyl (C=O) groups excluding carboxylic acids is 1. The SMILES string of the molecule is O=C(c1cnn(-c2ccccc2)n1)N1CCN(C(c2ccccc2)c2ccccc2)CC1. The van der Waals surface area contributed by atoms with Gasteiger partial charge in [0.25, 0.3) is 5.91 Å². The van der Waals surface area contributed by atoms with Gasteiger partial charge in [-0.2, -0.15) is 9.90 Å². The molecule has 0 aliphatic carbocycles. The van der Waals surface area contributed by atoms with Crippen LogP contribution in [0.3, 0.4) is 0 Å². The molecule has 0 saturated carbocycles. The van der Waals surface area contributed by atoms with Crippen molar-refractivity contribution in [1.82, 2.24) is 24.8 Å². The molecule has 3 aromatic carbocycles. The van der Waals surface area contributed by atoms with Crippen molar-refractivity contribution in [3.8, 4) is 5.69 Å². The van der Waals surface area contributed by atoms with E-state index in [0.717, 1.165) is 18.8 Å². The van der Waals surface area contributed by atoms with Gasteiger partial charge in [-0.25, -0.2) is 0 Å². The standard InChI is InChI=1S/C26H25N5O/c32-26(24-20-27-31(28-24)23-14-8-3-9-15-23)30-18-16-29(17-19-30)25(21-10-4-1-5-11-21)22-12-6-2-7-13-22/h1-15,20,25H,16-19H2. The topological polar surface area (TPSA) is 54.3 Å². The highest BCUT2D eigenvalue weighted by atomic mass is 16.2. The zero-order valence-electron chi connectivity index (χ0n) is 17.8. The molecule has 0 N–H and O–H groups in total. The predicted molar refractivity (Wildman–Crippen MR) is 124 cm³/mol. The predicted octanol–water partition coefficient (Wildman–Crippen LogP) is 3.81. The number of amides is 1. The summed E-state index contributed by atoms with van der Waals surface area (Å²) in [6, 6.07) is 30.9. The Bertz CT molecular complexity index is 1110. The van der Waals surface area contributed by atoms with Gasteiger partial charge in [-0.1, -0.05) is 78.9 Å². The van der Waals surface area contributed by atoms with Crippen molar-refractivity contribution in [1.29, 1.82) is 0 Å². The van der Waals surface area contributed by atoms with E-state index in [1.54, 1.807) is 6.20 Å². The molecule has 0 radical (unpaired) electrons. The molecule has 1 aliphatic heterocycles. The molecular formula is C26H25N5O. The second-order valence-electron chi connectivity index (χ2n) is 7.91. The van der Waals surface area contributed by atoms with Crippen LogP contribution in [0.15, 0.2) is 97.2 Å². The Balaban J connectivity index is 1.30. The van der Waals surface area contributed by atoms with Crippen molar-refractivity contribution in [2.45, 2.75) is 6.04 Å². The van der Waals surface area contributed by atoms with Crippen LogP contribution >= 0.6 is 0 Å². The lowest BCUT2D eigenvalue weighted by molar-refractivity contribution is 0.0591. The number of nitrogens with zero attached hydrogens (tertiary/aromatic N) is 5. The van der Waals surface area contributed by atoms with Gasteiger partial charge in [0.15, 0.2) is 5.69 Å². The van der Waals surface area contributed by atoms with E-state index in [0.29, 0.717) is 18.8 Å². The highest BCUT2D eigenvalue weighted by molar-refractivity contribution is 5.92. The molecule has 1 amide bonds. The van der Waals surface area contributed by atoms with Gasteiger partial charge in [-0.3, -0.25) is 9.69 Å². The summed E-state index contributed by atoms with van der Waals surface area (Å²) in [5, 5.41) is 8.68. The summed E-state index contributed by atoms with van der Waals surface area (Å²) >= 11 is 0. The Kier molecular flexibility index (Phi) is 5.77. The molecule has 4 aromatic rings. The van der Waals surface area contributed by atoms with E-state index in [9.17, 15) is 4.79 Å². The maximum absolute atomic E-state index is 13.1. The van der Waals surface area contributed by atoms with E-state index < -0.39 is 0 Å². The van der Waals surface area contributed by atoms with Crippen LogP contribution in [0.1, 0.15) is 27.7 Å². The third-order valence-electron chi connectivity index (χ3n) is 5.90. The molecule has 6 nitrogen and oxygen atoms in total. The van der Waals surface area contributed by atoms with Gasteiger partial charge >= 0.3 is 0 Å². The number of hydrogen-bond donors (Lipinski definition) is 0. The van der Waals surface area contributed by atoms with E-state index in [-0.39, 0.29) is 11.9 Å². The number of para-hydroxylation sites is 1. The summed E-state index contributed by atoms with van der Waals surface area (Å²) in [5.74, 6) is -0.0668. The van der Waals surface area contributed by atoms with Crippen molar-refractivity contribution in [2.75, 3.05) is 26.2 Å². The third-order valence-corrected chi connectivity index (χ3v) is 5.90. The lowest BCUT2D eigenvalue weighted by Crippen LogP contribution is -2.50. The van der Waals surface area contributed by atoms with Crippen LogP contribution in [0.5, 0.6) is 0 Å². The monoisotopic (exact) mass is 423 g/mol. The lowest BCUT2D eigenvalue weighted by Gasteiger charge is -2.39. The van der Waals surface area contributed by atoms with Crippen LogP contribution in [0, 0.1) is 0 Å². The van der Waals surface area contributed by atoms with Crippen molar-refractivity contribution >= 4 is 5.91 Å². The summed E-state index contributed by atoms with van der Waals surface area (Å²) in [6.45, 7) is 2.92. The molecule has 1 saturated heterocycles. The first-order valence-corrected chi connectivity index (χ1v) is 10.9. The average molecular weight is 424 g/mol. The fourth-order valence-corrected chi connectivity index (χ4v) is 4.28. The fraction of sp³-hybridized carbons (Fsp3) is 0.192. The van der Waals surface area contributed by atoms with Crippen LogP contribution in [-0.4, -0.2) is 56.9 Å². The third kappa shape index (κ3) is 4.18. The molecular weight excluding hydrogens is 398 g/mol. The number of aromatic nitrogens is 3. The molecule has 1 fully saturated rings. The Morgan fingerprint density at radius 2 is 1.25 bits per heavy atom. The molecule has 6 heteroatoms. The van der Waals surface area contributed by atoms with Gasteiger partial charge in [0.2, 0.25) is 0 Å². The Morgan fingerprint density at radius 1 is 0.719 bits per heavy atom. The summed E-state index contributed by atoms with van der Waals surface area (Å²) in [6.07, 6.45) is 1.55. The number of piperazine rings is 1. The van der Waals surface area contributed by atoms with E-state index in [2.05, 4.69) is 63.6 Å². The van der Waals surface area contributed by atoms with Crippen molar-refractivity contribution in [3.05, 3.63) is 114 Å². The molecule has 160 valence electrons. The van der Waals surface area contributed by atoms with Gasteiger partial charge in [0.1, 0.15) is 0 Å². The molecule has 32 heavy (non-hydrogen) atoms. The molecule has 0 unspecified atom stereocenters. The summed E-state index contributed by atoms with van der Waals surface area (Å²) in [7, 11) is 0. The van der Waals surface area contributed by atoms with Gasteiger partial charge in [-0.15, -0.1) is 5.10 Å². The Morgan fingerprint density at radius 3 is 1.81 bits per heavy atom. The molecule has 1 aliphatic rings. The maximum atomic E-state index is 13.1. The maximum Gasteiger partial charge on any atom is 0.276 e. The van der Waals surface area contributed by atoms with E-state index in [1.165, 1.54) is 15.9 Å². The second kappa shape index (κ2) is 9.16. The molecule has 5 rings (SSSR count). The average Bonchev–Trinajstić information content (AvgIpc) is 3.37. The van der Waals surface area contributed by atoms with E-state index >= 15 is 0 Å². The highest BCUT2D eigenvalue weighted by Gasteiger charge is 2.29. The van der Waals surface area contributed by atoms with Crippen LogP contribution < -0.4 is 0 Å². The molecule has 2 heterocycles. The van der Waals surface area contributed by atoms with Gasteiger partial charge < -0.3 is 4.90 Å². The van der Waals surface area contributed by atoms with Crippen molar-refractivity contribution in [2.24, 2.45) is 0 Å². The van der Waals surface area contributed by atoms with Crippen molar-refractivity contribution < 1.29 is 4.79 Å². The van der Waals surface area contributed by atoms with Crippen LogP contribution in [0.25, 0.3) is 5.69 Å². The Hall–Kier alpha value is -3.77. The summed E-state index contributed by atoms with van der Waals surface area (Å²) < 4.78 is 0. The minimum Gasteiger partial charge on any atom is -0.335 e. The normalized spacial score (nSPS) is 14.6. The molecule has 0 bridgehead atoms. The number of rotatable bonds is 5. The number of benzene rings is 3. The number of hydrogen-bond acceptors (Lipinski definition) is 4. The first kappa shape index (κ1) is 20.2. The molecule has 0 atom stereocenters. The van der Waals surface area contributed by atoms with Crippen molar-refractivity contribution in [3.63, 3.8) is 0 Å². The summed E-state index contributed by atoms with van der Waals surface area (Å²) in [5.41, 5.74) is 3.75. The fourth-order valence-electron chi connectivity index (χ4n) is 4.28. The van der Waals surface area contributed by atoms with E-state index in [4.69, 9.17) is 0 Å². The van der Waals surface area contributed by atoms with Crippen LogP contribution in [-0.2, 0) is 0 Å². The highest BCUT2D eigenvalue weighted by Crippen LogP contribution is 2.29. The van der Waals surface area contributed by atoms with Gasteiger partial charge in [0, 0.05) is 26.2 Å². The van der Waals surface area contributed by atoms with Crippen LogP contribution in [0.4, 0.5) is 0 Å². The first-order chi connectivity index (χ1) is 15.8. The molecule has 0 spiro atoms. The second-order valence-corrected chi connectivity index (χ2v) is 7.91. The van der Waals surface area contributed by atoms with E-state index in [1.807, 2.05) is 47.4 Å². The molecule has 1 aromatic heterocycles. The summed E-state index contributed by atoms with van der Waals surface area (Å²) in [4.78, 5) is 18.9. The zero-order valence-corrected chi connectivity index (χ0v) is 17.8. The van der Waals surface area contributed by atoms with Crippen LogP contribution in [0.2, 0.25) is 0 Å². The number of carbonyl (C=O) groups is 1. The zero-order chi connectivity index (χ0) is 21.8. The smallest absolute Gasteiger partial charge is 0.276 e. The minimum atomic E-state index is -0.0668. The largest absolute Gasteiger partial charge is 0.335 e. The van der Waals surface area contributed by atoms with Gasteiger partial charge in [-0.05, 0) is 23.3 Å².